The number of benzene rings is 1. The molecule has 0 fully saturated rings. The fourth-order valence-corrected chi connectivity index (χ4v) is 2.40. The molecule has 1 aromatic rings. The van der Waals surface area contributed by atoms with Crippen molar-refractivity contribution >= 4 is 11.9 Å². The molecule has 24 heavy (non-hydrogen) atoms. The van der Waals surface area contributed by atoms with Gasteiger partial charge in [-0.25, -0.2) is 4.99 Å². The second-order valence-corrected chi connectivity index (χ2v) is 5.60. The first-order chi connectivity index (χ1) is 11.7. The van der Waals surface area contributed by atoms with Gasteiger partial charge in [0.1, 0.15) is 12.3 Å². The van der Waals surface area contributed by atoms with Gasteiger partial charge in [-0.2, -0.15) is 0 Å². The van der Waals surface area contributed by atoms with Crippen LogP contribution < -0.4 is 20.7 Å². The number of hydrogen-bond acceptors (Lipinski definition) is 3. The summed E-state index contributed by atoms with van der Waals surface area (Å²) in [4.78, 5) is 16.3. The normalized spacial score (nSPS) is 14.5. The number of amides is 1. The Hall–Kier alpha value is -2.50. The smallest absolute Gasteiger partial charge is 0.242 e. The molecule has 1 aromatic carbocycles. The molecule has 1 aliphatic carbocycles. The molecule has 0 atom stereocenters. The van der Waals surface area contributed by atoms with Gasteiger partial charge in [-0.3, -0.25) is 4.79 Å². The number of ether oxygens (including phenoxy) is 1. The third kappa shape index (κ3) is 5.95. The Labute approximate surface area is 143 Å². The van der Waals surface area contributed by atoms with Crippen LogP contribution in [0.3, 0.4) is 0 Å². The number of guanidine groups is 1. The summed E-state index contributed by atoms with van der Waals surface area (Å²) in [6, 6.07) is 7.98. The molecule has 0 bridgehead atoms. The molecule has 0 aromatic heterocycles. The summed E-state index contributed by atoms with van der Waals surface area (Å²) in [6.45, 7) is 3.35. The molecule has 0 unspecified atom stereocenters. The molecule has 0 saturated heterocycles. The fraction of sp³-hybridized carbons (Fsp3) is 0.444. The van der Waals surface area contributed by atoms with E-state index >= 15 is 0 Å². The van der Waals surface area contributed by atoms with Crippen molar-refractivity contribution in [1.29, 1.82) is 0 Å². The van der Waals surface area contributed by atoms with Crippen LogP contribution in [0.2, 0.25) is 0 Å². The highest BCUT2D eigenvalue weighted by molar-refractivity contribution is 5.85. The summed E-state index contributed by atoms with van der Waals surface area (Å²) in [5, 5.41) is 9.38. The van der Waals surface area contributed by atoms with Crippen molar-refractivity contribution in [2.24, 2.45) is 4.99 Å². The molecular formula is C18H26N4O2. The van der Waals surface area contributed by atoms with Crippen molar-refractivity contribution in [1.82, 2.24) is 16.0 Å². The van der Waals surface area contributed by atoms with Gasteiger partial charge in [0, 0.05) is 19.1 Å². The predicted octanol–water partition coefficient (Wildman–Crippen LogP) is 1.59. The Morgan fingerprint density at radius 1 is 1.21 bits per heavy atom. The molecule has 130 valence electrons. The molecule has 0 heterocycles. The van der Waals surface area contributed by atoms with Crippen molar-refractivity contribution in [3.8, 4) is 5.75 Å². The summed E-state index contributed by atoms with van der Waals surface area (Å²) in [5.74, 6) is 1.39. The summed E-state index contributed by atoms with van der Waals surface area (Å²) in [6.07, 6.45) is 6.30. The van der Waals surface area contributed by atoms with E-state index in [1.165, 1.54) is 0 Å². The topological polar surface area (TPSA) is 74.8 Å². The van der Waals surface area contributed by atoms with E-state index in [-0.39, 0.29) is 12.5 Å². The van der Waals surface area contributed by atoms with E-state index in [1.807, 2.05) is 31.2 Å². The number of hydrogen-bond donors (Lipinski definition) is 3. The maximum Gasteiger partial charge on any atom is 0.242 e. The van der Waals surface area contributed by atoms with Gasteiger partial charge in [-0.05, 0) is 37.5 Å². The Kier molecular flexibility index (Phi) is 7.14. The lowest BCUT2D eigenvalue weighted by molar-refractivity contribution is -0.119. The molecular weight excluding hydrogens is 304 g/mol. The van der Waals surface area contributed by atoms with E-state index in [2.05, 4.69) is 33.1 Å². The standard InChI is InChI=1S/C18H26N4O2/c1-3-19-18(22-15-6-4-5-7-15)21-13-17(23)20-12-14-8-10-16(24-2)11-9-14/h4-5,8-11,15H,3,6-7,12-13H2,1-2H3,(H,20,23)(H2,19,21,22). The van der Waals surface area contributed by atoms with Gasteiger partial charge >= 0.3 is 0 Å². The molecule has 0 spiro atoms. The van der Waals surface area contributed by atoms with Gasteiger partial charge in [0.25, 0.3) is 0 Å². The number of nitrogens with one attached hydrogen (secondary N) is 3. The van der Waals surface area contributed by atoms with Crippen LogP contribution in [0.4, 0.5) is 0 Å². The average molecular weight is 330 g/mol. The largest absolute Gasteiger partial charge is 0.497 e. The van der Waals surface area contributed by atoms with Gasteiger partial charge in [0.15, 0.2) is 5.96 Å². The van der Waals surface area contributed by atoms with Crippen molar-refractivity contribution in [2.45, 2.75) is 32.4 Å². The maximum atomic E-state index is 12.0. The van der Waals surface area contributed by atoms with Crippen LogP contribution in [0.15, 0.2) is 41.4 Å². The number of aliphatic imine (C=N–C) groups is 1. The zero-order chi connectivity index (χ0) is 17.2. The molecule has 6 heteroatoms. The van der Waals surface area contributed by atoms with Gasteiger partial charge < -0.3 is 20.7 Å². The molecule has 0 aliphatic heterocycles. The molecule has 1 amide bonds. The molecule has 0 saturated carbocycles. The third-order valence-corrected chi connectivity index (χ3v) is 3.72. The number of methoxy groups -OCH3 is 1. The number of carbonyl (C=O) groups excluding carboxylic acids is 1. The minimum absolute atomic E-state index is 0.103. The number of rotatable bonds is 7. The zero-order valence-electron chi connectivity index (χ0n) is 14.3. The van der Waals surface area contributed by atoms with Crippen molar-refractivity contribution in [3.63, 3.8) is 0 Å². The SMILES string of the molecule is CCNC(=NCC(=O)NCc1ccc(OC)cc1)NC1CC=CC1. The quantitative estimate of drug-likeness (QED) is 0.403. The zero-order valence-corrected chi connectivity index (χ0v) is 14.3. The van der Waals surface area contributed by atoms with Crippen LogP contribution in [0.1, 0.15) is 25.3 Å². The van der Waals surface area contributed by atoms with Gasteiger partial charge in [-0.1, -0.05) is 24.3 Å². The highest BCUT2D eigenvalue weighted by Crippen LogP contribution is 2.11. The molecule has 6 nitrogen and oxygen atoms in total. The van der Waals surface area contributed by atoms with Crippen LogP contribution in [0.25, 0.3) is 0 Å². The Morgan fingerprint density at radius 2 is 1.92 bits per heavy atom. The van der Waals surface area contributed by atoms with Gasteiger partial charge in [0.05, 0.1) is 7.11 Å². The van der Waals surface area contributed by atoms with Crippen LogP contribution >= 0.6 is 0 Å². The highest BCUT2D eigenvalue weighted by atomic mass is 16.5. The fourth-order valence-electron chi connectivity index (χ4n) is 2.40. The first kappa shape index (κ1) is 17.8. The molecule has 2 rings (SSSR count). The van der Waals surface area contributed by atoms with Crippen LogP contribution in [0, 0.1) is 0 Å². The van der Waals surface area contributed by atoms with Crippen LogP contribution in [0.5, 0.6) is 5.75 Å². The van der Waals surface area contributed by atoms with Crippen molar-refractivity contribution < 1.29 is 9.53 Å². The lowest BCUT2D eigenvalue weighted by Crippen LogP contribution is -2.43. The summed E-state index contributed by atoms with van der Waals surface area (Å²) in [5.41, 5.74) is 1.02. The van der Waals surface area contributed by atoms with Gasteiger partial charge in [0.2, 0.25) is 5.91 Å². The Balaban J connectivity index is 1.77. The van der Waals surface area contributed by atoms with E-state index in [0.29, 0.717) is 18.5 Å². The first-order valence-electron chi connectivity index (χ1n) is 8.30. The second-order valence-electron chi connectivity index (χ2n) is 5.60. The van der Waals surface area contributed by atoms with Crippen LogP contribution in [-0.2, 0) is 11.3 Å². The van der Waals surface area contributed by atoms with Gasteiger partial charge in [-0.15, -0.1) is 0 Å². The third-order valence-electron chi connectivity index (χ3n) is 3.72. The number of nitrogens with zero attached hydrogens (tertiary/aromatic N) is 1. The second kappa shape index (κ2) is 9.60. The summed E-state index contributed by atoms with van der Waals surface area (Å²) >= 11 is 0. The summed E-state index contributed by atoms with van der Waals surface area (Å²) in [7, 11) is 1.63. The Morgan fingerprint density at radius 3 is 2.54 bits per heavy atom. The van der Waals surface area contributed by atoms with E-state index < -0.39 is 0 Å². The predicted molar refractivity (Wildman–Crippen MR) is 96.1 cm³/mol. The highest BCUT2D eigenvalue weighted by Gasteiger charge is 2.11. The lowest BCUT2D eigenvalue weighted by Gasteiger charge is -2.16. The van der Waals surface area contributed by atoms with E-state index in [4.69, 9.17) is 4.74 Å². The first-order valence-corrected chi connectivity index (χ1v) is 8.30. The molecule has 0 radical (unpaired) electrons. The van der Waals surface area contributed by atoms with Crippen molar-refractivity contribution in [3.05, 3.63) is 42.0 Å². The van der Waals surface area contributed by atoms with Crippen molar-refractivity contribution in [2.75, 3.05) is 20.2 Å². The number of carbonyl (C=O) groups is 1. The lowest BCUT2D eigenvalue weighted by atomic mass is 10.2. The van der Waals surface area contributed by atoms with E-state index in [1.54, 1.807) is 7.11 Å². The molecule has 3 N–H and O–H groups in total. The maximum absolute atomic E-state index is 12.0. The van der Waals surface area contributed by atoms with Crippen LogP contribution in [-0.4, -0.2) is 38.1 Å². The Bertz CT molecular complexity index is 573. The van der Waals surface area contributed by atoms with E-state index in [9.17, 15) is 4.79 Å². The molecule has 1 aliphatic rings. The average Bonchev–Trinajstić information content (AvgIpc) is 3.11. The summed E-state index contributed by atoms with van der Waals surface area (Å²) < 4.78 is 5.11. The minimum atomic E-state index is -0.104. The monoisotopic (exact) mass is 330 g/mol. The minimum Gasteiger partial charge on any atom is -0.497 e. The van der Waals surface area contributed by atoms with E-state index in [0.717, 1.165) is 30.7 Å².